The first-order valence-corrected chi connectivity index (χ1v) is 13.0. The number of hydrogen-bond acceptors (Lipinski definition) is 4. The summed E-state index contributed by atoms with van der Waals surface area (Å²) in [5.41, 5.74) is 7.33. The minimum absolute atomic E-state index is 0.0572. The lowest BCUT2D eigenvalue weighted by atomic mass is 9.45. The van der Waals surface area contributed by atoms with Crippen molar-refractivity contribution >= 4 is 17.5 Å². The highest BCUT2D eigenvalue weighted by Gasteiger charge is 2.60. The van der Waals surface area contributed by atoms with Crippen molar-refractivity contribution in [3.63, 3.8) is 0 Å². The number of rotatable bonds is 7. The Kier molecular flexibility index (Phi) is 5.63. The van der Waals surface area contributed by atoms with Crippen LogP contribution in [0.25, 0.3) is 0 Å². The number of nitrogens with zero attached hydrogens (tertiary/aromatic N) is 1. The quantitative estimate of drug-likeness (QED) is 0.544. The number of anilines is 1. The molecule has 5 aliphatic carbocycles. The Bertz CT molecular complexity index is 1170. The lowest BCUT2D eigenvalue weighted by Gasteiger charge is -2.60. The number of aromatic nitrogens is 1. The summed E-state index contributed by atoms with van der Waals surface area (Å²) in [6.45, 7) is 0.369. The number of nitrogens with two attached hydrogens (primary N) is 1. The lowest BCUT2D eigenvalue weighted by Crippen LogP contribution is -2.61. The van der Waals surface area contributed by atoms with Crippen LogP contribution >= 0.6 is 0 Å². The highest BCUT2D eigenvalue weighted by atomic mass is 19.2. The van der Waals surface area contributed by atoms with E-state index in [1.165, 1.54) is 6.07 Å². The third-order valence-corrected chi connectivity index (χ3v) is 9.47. The van der Waals surface area contributed by atoms with Gasteiger partial charge in [0.1, 0.15) is 0 Å². The van der Waals surface area contributed by atoms with Gasteiger partial charge in [-0.2, -0.15) is 0 Å². The number of hydrogen-bond donors (Lipinski definition) is 3. The van der Waals surface area contributed by atoms with Gasteiger partial charge in [-0.3, -0.25) is 14.6 Å². The number of carbonyl (C=O) groups is 2. The van der Waals surface area contributed by atoms with Crippen molar-refractivity contribution in [2.75, 3.05) is 11.9 Å². The number of pyridine rings is 1. The highest BCUT2D eigenvalue weighted by molar-refractivity contribution is 5.95. The molecule has 6 nitrogen and oxygen atoms in total. The van der Waals surface area contributed by atoms with E-state index < -0.39 is 23.1 Å². The minimum atomic E-state index is -0.866. The highest BCUT2D eigenvalue weighted by Crippen LogP contribution is 2.63. The van der Waals surface area contributed by atoms with Crippen LogP contribution in [0.2, 0.25) is 0 Å². The molecule has 190 valence electrons. The topological polar surface area (TPSA) is 97.1 Å². The van der Waals surface area contributed by atoms with Gasteiger partial charge in [-0.05, 0) is 98.4 Å². The molecule has 2 aromatic rings. The molecular weight excluding hydrogens is 462 g/mol. The normalized spacial score (nSPS) is 32.1. The number of nitrogens with one attached hydrogen (secondary N) is 2. The molecule has 8 heteroatoms. The van der Waals surface area contributed by atoms with Crippen LogP contribution in [-0.2, 0) is 15.0 Å². The molecule has 0 aliphatic heterocycles. The van der Waals surface area contributed by atoms with Gasteiger partial charge in [-0.1, -0.05) is 6.07 Å². The van der Waals surface area contributed by atoms with Crippen LogP contribution in [0.3, 0.4) is 0 Å². The maximum absolute atomic E-state index is 13.8. The molecule has 1 heterocycles. The second kappa shape index (κ2) is 8.61. The summed E-state index contributed by atoms with van der Waals surface area (Å²) < 4.78 is 27.1. The standard InChI is InChI=1S/C28H32F2N4O2/c29-21-2-1-19(11-22(21)30)27(5-6-27)15-33-25(35)24(31)23-17-9-16-10-18(23)14-28(12-16,13-17)26(36)34-20-3-7-32-8-4-20/h1-4,7-8,11,16-18,23-24H,5-6,9-10,12-15,31H2,(H,33,35)(H,32,34,36). The predicted octanol–water partition coefficient (Wildman–Crippen LogP) is 3.92. The van der Waals surface area contributed by atoms with Crippen molar-refractivity contribution < 1.29 is 18.4 Å². The molecule has 0 radical (unpaired) electrons. The average Bonchev–Trinajstić information content (AvgIpc) is 3.65. The minimum Gasteiger partial charge on any atom is -0.354 e. The number of amides is 2. The zero-order valence-electron chi connectivity index (χ0n) is 20.2. The molecule has 1 aromatic heterocycles. The molecule has 3 atom stereocenters. The summed E-state index contributed by atoms with van der Waals surface area (Å²) in [6.07, 6.45) is 9.45. The molecule has 5 fully saturated rings. The van der Waals surface area contributed by atoms with Crippen molar-refractivity contribution in [1.29, 1.82) is 0 Å². The Labute approximate surface area is 209 Å². The SMILES string of the molecule is NC(C(=O)NCC1(c2ccc(F)c(F)c2)CC1)C1C2CC3CC1CC(C(=O)Nc1ccncc1)(C3)C2. The van der Waals surface area contributed by atoms with E-state index in [-0.39, 0.29) is 35.0 Å². The van der Waals surface area contributed by atoms with Gasteiger partial charge >= 0.3 is 0 Å². The maximum atomic E-state index is 13.8. The molecule has 3 unspecified atom stereocenters. The van der Waals surface area contributed by atoms with Crippen molar-refractivity contribution in [2.24, 2.45) is 34.8 Å². The third-order valence-electron chi connectivity index (χ3n) is 9.47. The lowest BCUT2D eigenvalue weighted by molar-refractivity contribution is -0.151. The van der Waals surface area contributed by atoms with E-state index in [4.69, 9.17) is 5.73 Å². The molecule has 7 rings (SSSR count). The van der Waals surface area contributed by atoms with Crippen LogP contribution in [0, 0.1) is 40.7 Å². The first-order valence-electron chi connectivity index (χ1n) is 13.0. The molecular formula is C28H32F2N4O2. The fourth-order valence-electron chi connectivity index (χ4n) is 7.72. The Morgan fingerprint density at radius 2 is 1.72 bits per heavy atom. The van der Waals surface area contributed by atoms with Gasteiger partial charge < -0.3 is 16.4 Å². The van der Waals surface area contributed by atoms with E-state index in [2.05, 4.69) is 15.6 Å². The molecule has 4 N–H and O–H groups in total. The summed E-state index contributed by atoms with van der Waals surface area (Å²) in [4.78, 5) is 30.6. The van der Waals surface area contributed by atoms with Gasteiger partial charge in [0, 0.05) is 30.0 Å². The number of halogens is 2. The van der Waals surface area contributed by atoms with Crippen molar-refractivity contribution in [2.45, 2.75) is 56.4 Å². The zero-order valence-corrected chi connectivity index (χ0v) is 20.2. The number of benzene rings is 1. The molecule has 4 bridgehead atoms. The zero-order chi connectivity index (χ0) is 25.1. The summed E-state index contributed by atoms with van der Waals surface area (Å²) in [7, 11) is 0. The molecule has 1 aromatic carbocycles. The Morgan fingerprint density at radius 3 is 2.36 bits per heavy atom. The average molecular weight is 495 g/mol. The summed E-state index contributed by atoms with van der Waals surface area (Å²) in [6, 6.07) is 6.95. The van der Waals surface area contributed by atoms with E-state index in [9.17, 15) is 18.4 Å². The van der Waals surface area contributed by atoms with E-state index in [1.807, 2.05) is 0 Å². The smallest absolute Gasteiger partial charge is 0.237 e. The van der Waals surface area contributed by atoms with Crippen LogP contribution in [0.5, 0.6) is 0 Å². The fourth-order valence-corrected chi connectivity index (χ4v) is 7.72. The second-order valence-electron chi connectivity index (χ2n) is 11.7. The summed E-state index contributed by atoms with van der Waals surface area (Å²) in [5.74, 6) is -0.778. The fraction of sp³-hybridized carbons (Fsp3) is 0.536. The molecule has 5 saturated carbocycles. The van der Waals surface area contributed by atoms with E-state index in [0.717, 1.165) is 56.7 Å². The van der Waals surface area contributed by atoms with Crippen LogP contribution < -0.4 is 16.4 Å². The summed E-state index contributed by atoms with van der Waals surface area (Å²) >= 11 is 0. The van der Waals surface area contributed by atoms with Crippen molar-refractivity contribution in [1.82, 2.24) is 10.3 Å². The van der Waals surface area contributed by atoms with Crippen molar-refractivity contribution in [3.8, 4) is 0 Å². The van der Waals surface area contributed by atoms with Gasteiger partial charge in [-0.25, -0.2) is 8.78 Å². The molecule has 0 saturated heterocycles. The second-order valence-corrected chi connectivity index (χ2v) is 11.7. The number of carbonyl (C=O) groups excluding carboxylic acids is 2. The predicted molar refractivity (Wildman–Crippen MR) is 131 cm³/mol. The maximum Gasteiger partial charge on any atom is 0.237 e. The molecule has 0 spiro atoms. The van der Waals surface area contributed by atoms with Crippen LogP contribution in [0.15, 0.2) is 42.7 Å². The van der Waals surface area contributed by atoms with E-state index in [1.54, 1.807) is 30.6 Å². The monoisotopic (exact) mass is 494 g/mol. The largest absolute Gasteiger partial charge is 0.354 e. The van der Waals surface area contributed by atoms with Crippen LogP contribution in [-0.4, -0.2) is 29.4 Å². The van der Waals surface area contributed by atoms with Crippen LogP contribution in [0.4, 0.5) is 14.5 Å². The van der Waals surface area contributed by atoms with Gasteiger partial charge in [0.15, 0.2) is 11.6 Å². The van der Waals surface area contributed by atoms with Gasteiger partial charge in [0.05, 0.1) is 11.5 Å². The molecule has 2 amide bonds. The van der Waals surface area contributed by atoms with E-state index >= 15 is 0 Å². The van der Waals surface area contributed by atoms with Crippen LogP contribution in [0.1, 0.15) is 50.5 Å². The van der Waals surface area contributed by atoms with Gasteiger partial charge in [-0.15, -0.1) is 0 Å². The first kappa shape index (κ1) is 23.5. The Balaban J connectivity index is 1.11. The molecule has 5 aliphatic rings. The molecule has 36 heavy (non-hydrogen) atoms. The van der Waals surface area contributed by atoms with Gasteiger partial charge in [0.25, 0.3) is 0 Å². The Morgan fingerprint density at radius 1 is 1.03 bits per heavy atom. The Hall–Kier alpha value is -2.87. The van der Waals surface area contributed by atoms with E-state index in [0.29, 0.717) is 18.0 Å². The first-order chi connectivity index (χ1) is 17.3. The van der Waals surface area contributed by atoms with Crippen molar-refractivity contribution in [3.05, 3.63) is 59.9 Å². The third kappa shape index (κ3) is 3.99. The summed E-state index contributed by atoms with van der Waals surface area (Å²) in [5, 5.41) is 6.12. The van der Waals surface area contributed by atoms with Gasteiger partial charge in [0.2, 0.25) is 11.8 Å².